The van der Waals surface area contributed by atoms with Crippen molar-refractivity contribution in [2.75, 3.05) is 18.0 Å². The predicted molar refractivity (Wildman–Crippen MR) is 134 cm³/mol. The molecule has 1 aliphatic rings. The van der Waals surface area contributed by atoms with Gasteiger partial charge in [-0.2, -0.15) is 0 Å². The van der Waals surface area contributed by atoms with E-state index in [2.05, 4.69) is 54.2 Å². The minimum atomic E-state index is 0.0318. The average molecular weight is 446 g/mol. The Labute approximate surface area is 196 Å². The molecule has 4 rings (SSSR count). The number of pyridine rings is 1. The number of rotatable bonds is 6. The quantitative estimate of drug-likeness (QED) is 0.594. The normalized spacial score (nSPS) is 15.8. The van der Waals surface area contributed by atoms with Gasteiger partial charge in [0, 0.05) is 48.2 Å². The van der Waals surface area contributed by atoms with E-state index in [1.165, 1.54) is 5.56 Å². The molecule has 6 nitrogen and oxygen atoms in total. The molecule has 33 heavy (non-hydrogen) atoms. The summed E-state index contributed by atoms with van der Waals surface area (Å²) in [6, 6.07) is 12.6. The van der Waals surface area contributed by atoms with Gasteiger partial charge in [-0.3, -0.25) is 9.78 Å². The fraction of sp³-hybridized carbons (Fsp3) is 0.481. The highest BCUT2D eigenvalue weighted by atomic mass is 16.1. The Bertz CT molecular complexity index is 1130. The number of hydrogen-bond donors (Lipinski definition) is 1. The maximum absolute atomic E-state index is 12.8. The number of amides is 1. The summed E-state index contributed by atoms with van der Waals surface area (Å²) in [5, 5.41) is 4.31. The third-order valence-electron chi connectivity index (χ3n) is 6.56. The van der Waals surface area contributed by atoms with Gasteiger partial charge in [-0.1, -0.05) is 26.0 Å². The second-order valence-electron chi connectivity index (χ2n) is 9.69. The fourth-order valence-electron chi connectivity index (χ4n) is 4.56. The van der Waals surface area contributed by atoms with Crippen molar-refractivity contribution in [2.24, 2.45) is 5.92 Å². The van der Waals surface area contributed by atoms with E-state index in [-0.39, 0.29) is 17.9 Å². The standard InChI is InChI=1S/C27H35N5O/c1-17(2)22-9-10-25-24(16-22)20(5)30-27(31-25)32-13-11-21(12-14-32)26(33)29-19(4)15-23-8-6-7-18(3)28-23/h6-10,16-17,19,21H,11-15H2,1-5H3,(H,29,33). The number of hydrogen-bond acceptors (Lipinski definition) is 5. The van der Waals surface area contributed by atoms with Gasteiger partial charge >= 0.3 is 0 Å². The van der Waals surface area contributed by atoms with Crippen molar-refractivity contribution in [3.63, 3.8) is 0 Å². The molecular weight excluding hydrogens is 410 g/mol. The van der Waals surface area contributed by atoms with Crippen molar-refractivity contribution in [2.45, 2.75) is 65.8 Å². The molecule has 3 aromatic rings. The van der Waals surface area contributed by atoms with E-state index in [0.717, 1.165) is 66.3 Å². The topological polar surface area (TPSA) is 71.0 Å². The third-order valence-corrected chi connectivity index (χ3v) is 6.56. The fourth-order valence-corrected chi connectivity index (χ4v) is 4.56. The number of aromatic nitrogens is 3. The van der Waals surface area contributed by atoms with Crippen LogP contribution in [0.1, 0.15) is 62.2 Å². The summed E-state index contributed by atoms with van der Waals surface area (Å²) in [6.45, 7) is 12.1. The number of benzene rings is 1. The minimum Gasteiger partial charge on any atom is -0.353 e. The van der Waals surface area contributed by atoms with Crippen molar-refractivity contribution in [3.05, 3.63) is 59.0 Å². The molecule has 1 saturated heterocycles. The summed E-state index contributed by atoms with van der Waals surface area (Å²) in [6.07, 6.45) is 2.37. The highest BCUT2D eigenvalue weighted by molar-refractivity contribution is 5.83. The Morgan fingerprint density at radius 2 is 1.82 bits per heavy atom. The smallest absolute Gasteiger partial charge is 0.226 e. The van der Waals surface area contributed by atoms with E-state index in [0.29, 0.717) is 5.92 Å². The zero-order chi connectivity index (χ0) is 23.5. The molecule has 1 N–H and O–H groups in total. The van der Waals surface area contributed by atoms with E-state index in [4.69, 9.17) is 9.97 Å². The molecular formula is C27H35N5O. The highest BCUT2D eigenvalue weighted by Gasteiger charge is 2.27. The van der Waals surface area contributed by atoms with Crippen LogP contribution >= 0.6 is 0 Å². The second-order valence-corrected chi connectivity index (χ2v) is 9.69. The van der Waals surface area contributed by atoms with Crippen molar-refractivity contribution in [3.8, 4) is 0 Å². The molecule has 1 fully saturated rings. The van der Waals surface area contributed by atoms with Crippen molar-refractivity contribution >= 4 is 22.8 Å². The molecule has 6 heteroatoms. The van der Waals surface area contributed by atoms with E-state index in [1.807, 2.05) is 32.0 Å². The summed E-state index contributed by atoms with van der Waals surface area (Å²) in [4.78, 5) is 29.2. The van der Waals surface area contributed by atoms with Crippen LogP contribution in [0.5, 0.6) is 0 Å². The van der Waals surface area contributed by atoms with E-state index >= 15 is 0 Å². The van der Waals surface area contributed by atoms with Crippen LogP contribution in [0.15, 0.2) is 36.4 Å². The zero-order valence-corrected chi connectivity index (χ0v) is 20.4. The molecule has 1 aliphatic heterocycles. The summed E-state index contributed by atoms with van der Waals surface area (Å²) < 4.78 is 0. The highest BCUT2D eigenvalue weighted by Crippen LogP contribution is 2.26. The number of anilines is 1. The van der Waals surface area contributed by atoms with Crippen molar-refractivity contribution in [1.29, 1.82) is 0 Å². The summed E-state index contributed by atoms with van der Waals surface area (Å²) in [5.41, 5.74) is 5.32. The minimum absolute atomic E-state index is 0.0318. The van der Waals surface area contributed by atoms with Gasteiger partial charge in [0.1, 0.15) is 0 Å². The number of carbonyl (C=O) groups is 1. The first kappa shape index (κ1) is 23.1. The van der Waals surface area contributed by atoms with Gasteiger partial charge in [-0.05, 0) is 69.4 Å². The molecule has 0 aliphatic carbocycles. The molecule has 1 amide bonds. The lowest BCUT2D eigenvalue weighted by Crippen LogP contribution is -2.44. The Morgan fingerprint density at radius 1 is 1.06 bits per heavy atom. The molecule has 1 unspecified atom stereocenters. The summed E-state index contributed by atoms with van der Waals surface area (Å²) in [7, 11) is 0. The Hall–Kier alpha value is -3.02. The number of fused-ring (bicyclic) bond motifs is 1. The molecule has 0 radical (unpaired) electrons. The number of carbonyl (C=O) groups excluding carboxylic acids is 1. The lowest BCUT2D eigenvalue weighted by atomic mass is 9.95. The first-order chi connectivity index (χ1) is 15.8. The van der Waals surface area contributed by atoms with Gasteiger partial charge in [0.05, 0.1) is 11.2 Å². The van der Waals surface area contributed by atoms with Crippen molar-refractivity contribution in [1.82, 2.24) is 20.3 Å². The molecule has 0 bridgehead atoms. The van der Waals surface area contributed by atoms with Crippen LogP contribution in [0, 0.1) is 19.8 Å². The van der Waals surface area contributed by atoms with Gasteiger partial charge in [0.2, 0.25) is 11.9 Å². The largest absolute Gasteiger partial charge is 0.353 e. The number of nitrogens with one attached hydrogen (secondary N) is 1. The Morgan fingerprint density at radius 3 is 2.52 bits per heavy atom. The maximum atomic E-state index is 12.8. The Balaban J connectivity index is 1.35. The number of piperidine rings is 1. The van der Waals surface area contributed by atoms with Crippen molar-refractivity contribution < 1.29 is 4.79 Å². The first-order valence-corrected chi connectivity index (χ1v) is 12.1. The van der Waals surface area contributed by atoms with Crippen LogP contribution in [0.25, 0.3) is 10.9 Å². The molecule has 0 spiro atoms. The van der Waals surface area contributed by atoms with Crippen LogP contribution in [-0.4, -0.2) is 40.0 Å². The lowest BCUT2D eigenvalue weighted by Gasteiger charge is -2.32. The maximum Gasteiger partial charge on any atom is 0.226 e. The van der Waals surface area contributed by atoms with Crippen LogP contribution < -0.4 is 10.2 Å². The molecule has 3 heterocycles. The van der Waals surface area contributed by atoms with Crippen LogP contribution in [0.3, 0.4) is 0 Å². The van der Waals surface area contributed by atoms with E-state index in [1.54, 1.807) is 0 Å². The van der Waals surface area contributed by atoms with Crippen LogP contribution in [0.2, 0.25) is 0 Å². The molecule has 1 aromatic carbocycles. The first-order valence-electron chi connectivity index (χ1n) is 12.1. The van der Waals surface area contributed by atoms with Crippen LogP contribution in [0.4, 0.5) is 5.95 Å². The second kappa shape index (κ2) is 9.86. The monoisotopic (exact) mass is 445 g/mol. The average Bonchev–Trinajstić information content (AvgIpc) is 2.78. The summed E-state index contributed by atoms with van der Waals surface area (Å²) in [5.74, 6) is 1.43. The number of nitrogens with zero attached hydrogens (tertiary/aromatic N) is 4. The molecule has 1 atom stereocenters. The SMILES string of the molecule is Cc1cccc(CC(C)NC(=O)C2CCN(c3nc(C)c4cc(C(C)C)ccc4n3)CC2)n1. The molecule has 0 saturated carbocycles. The molecule has 2 aromatic heterocycles. The van der Waals surface area contributed by atoms with Gasteiger partial charge in [0.15, 0.2) is 0 Å². The third kappa shape index (κ3) is 5.49. The zero-order valence-electron chi connectivity index (χ0n) is 20.4. The van der Waals surface area contributed by atoms with E-state index in [9.17, 15) is 4.79 Å². The van der Waals surface area contributed by atoms with Gasteiger partial charge < -0.3 is 10.2 Å². The van der Waals surface area contributed by atoms with Crippen LogP contribution in [-0.2, 0) is 11.2 Å². The van der Waals surface area contributed by atoms with E-state index < -0.39 is 0 Å². The van der Waals surface area contributed by atoms with Gasteiger partial charge in [0.25, 0.3) is 0 Å². The predicted octanol–water partition coefficient (Wildman–Crippen LogP) is 4.73. The molecule has 174 valence electrons. The van der Waals surface area contributed by atoms with Gasteiger partial charge in [-0.15, -0.1) is 0 Å². The number of aryl methyl sites for hydroxylation is 2. The Kier molecular flexibility index (Phi) is 6.91. The summed E-state index contributed by atoms with van der Waals surface area (Å²) >= 11 is 0. The van der Waals surface area contributed by atoms with Gasteiger partial charge in [-0.25, -0.2) is 9.97 Å². The lowest BCUT2D eigenvalue weighted by molar-refractivity contribution is -0.126.